The van der Waals surface area contributed by atoms with Gasteiger partial charge in [0.1, 0.15) is 5.82 Å². The van der Waals surface area contributed by atoms with Crippen molar-refractivity contribution in [2.24, 2.45) is 0 Å². The zero-order chi connectivity index (χ0) is 19.7. The van der Waals surface area contributed by atoms with Gasteiger partial charge in [0.05, 0.1) is 12.1 Å². The first-order chi connectivity index (χ1) is 13.5. The van der Waals surface area contributed by atoms with Crippen molar-refractivity contribution in [2.75, 3.05) is 19.6 Å². The monoisotopic (exact) mass is 378 g/mol. The minimum absolute atomic E-state index is 0.114. The maximum Gasteiger partial charge on any atom is 0.227 e. The van der Waals surface area contributed by atoms with Gasteiger partial charge in [-0.05, 0) is 18.9 Å². The molecular weight excluding hydrogens is 352 g/mol. The highest BCUT2D eigenvalue weighted by Gasteiger charge is 2.29. The fraction of sp³-hybridized carbons (Fsp3) is 0.455. The quantitative estimate of drug-likeness (QED) is 0.822. The number of benzene rings is 1. The van der Waals surface area contributed by atoms with Gasteiger partial charge in [-0.2, -0.15) is 0 Å². The van der Waals surface area contributed by atoms with Crippen LogP contribution in [0, 0.1) is 6.92 Å². The van der Waals surface area contributed by atoms with Crippen LogP contribution in [0.25, 0.3) is 0 Å². The molecule has 0 N–H and O–H groups in total. The molecule has 2 aromatic rings. The first-order valence-corrected chi connectivity index (χ1v) is 9.93. The SMILES string of the molecule is CC(=O)N1CCC(c2ncc3c(n2)CCN(C(=O)Cc2ccc(C)cc2)C3)C1. The van der Waals surface area contributed by atoms with E-state index in [1.54, 1.807) is 6.92 Å². The number of fused-ring (bicyclic) bond motifs is 1. The Labute approximate surface area is 165 Å². The van der Waals surface area contributed by atoms with Gasteiger partial charge in [-0.25, -0.2) is 9.97 Å². The summed E-state index contributed by atoms with van der Waals surface area (Å²) in [5.74, 6) is 1.31. The summed E-state index contributed by atoms with van der Waals surface area (Å²) in [6.45, 7) is 6.41. The predicted molar refractivity (Wildman–Crippen MR) is 106 cm³/mol. The highest BCUT2D eigenvalue weighted by molar-refractivity contribution is 5.79. The first-order valence-electron chi connectivity index (χ1n) is 9.93. The molecule has 1 aromatic heterocycles. The van der Waals surface area contributed by atoms with E-state index in [2.05, 4.69) is 4.98 Å². The molecule has 0 spiro atoms. The Hall–Kier alpha value is -2.76. The lowest BCUT2D eigenvalue weighted by Gasteiger charge is -2.28. The third kappa shape index (κ3) is 3.91. The van der Waals surface area contributed by atoms with Crippen LogP contribution in [0.4, 0.5) is 0 Å². The lowest BCUT2D eigenvalue weighted by molar-refractivity contribution is -0.131. The van der Waals surface area contributed by atoms with Crippen molar-refractivity contribution in [1.29, 1.82) is 0 Å². The molecule has 1 aromatic carbocycles. The van der Waals surface area contributed by atoms with Crippen molar-refractivity contribution < 1.29 is 9.59 Å². The number of aromatic nitrogens is 2. The number of amides is 2. The second-order valence-electron chi connectivity index (χ2n) is 7.88. The van der Waals surface area contributed by atoms with Gasteiger partial charge in [0, 0.05) is 57.2 Å². The maximum absolute atomic E-state index is 12.7. The first kappa shape index (κ1) is 18.6. The van der Waals surface area contributed by atoms with Crippen LogP contribution in [0.15, 0.2) is 30.5 Å². The Morgan fingerprint density at radius 3 is 2.64 bits per heavy atom. The van der Waals surface area contributed by atoms with Crippen molar-refractivity contribution in [3.8, 4) is 0 Å². The summed E-state index contributed by atoms with van der Waals surface area (Å²) in [6, 6.07) is 8.12. The molecule has 2 amide bonds. The average molecular weight is 378 g/mol. The normalized spacial score (nSPS) is 18.9. The molecule has 4 rings (SSSR count). The molecule has 0 radical (unpaired) electrons. The van der Waals surface area contributed by atoms with E-state index in [-0.39, 0.29) is 17.7 Å². The van der Waals surface area contributed by atoms with Crippen LogP contribution in [0.1, 0.15) is 47.5 Å². The summed E-state index contributed by atoms with van der Waals surface area (Å²) >= 11 is 0. The summed E-state index contributed by atoms with van der Waals surface area (Å²) in [7, 11) is 0. The fourth-order valence-corrected chi connectivity index (χ4v) is 3.99. The van der Waals surface area contributed by atoms with E-state index >= 15 is 0 Å². The Morgan fingerprint density at radius 1 is 1.14 bits per heavy atom. The molecule has 1 atom stereocenters. The molecule has 0 saturated carbocycles. The molecule has 6 heteroatoms. The summed E-state index contributed by atoms with van der Waals surface area (Å²) in [4.78, 5) is 37.4. The maximum atomic E-state index is 12.7. The topological polar surface area (TPSA) is 66.4 Å². The van der Waals surface area contributed by atoms with Crippen molar-refractivity contribution >= 4 is 11.8 Å². The average Bonchev–Trinajstić information content (AvgIpc) is 3.19. The molecule has 0 bridgehead atoms. The lowest BCUT2D eigenvalue weighted by Crippen LogP contribution is -2.37. The van der Waals surface area contributed by atoms with E-state index in [4.69, 9.17) is 4.98 Å². The Bertz CT molecular complexity index is 894. The van der Waals surface area contributed by atoms with Gasteiger partial charge in [0.15, 0.2) is 0 Å². The van der Waals surface area contributed by atoms with E-state index in [0.29, 0.717) is 26.1 Å². The largest absolute Gasteiger partial charge is 0.342 e. The molecule has 146 valence electrons. The molecule has 6 nitrogen and oxygen atoms in total. The van der Waals surface area contributed by atoms with Crippen molar-refractivity contribution in [2.45, 2.75) is 45.6 Å². The molecule has 3 heterocycles. The number of carbonyl (C=O) groups is 2. The van der Waals surface area contributed by atoms with Crippen molar-refractivity contribution in [3.05, 3.63) is 58.7 Å². The zero-order valence-corrected chi connectivity index (χ0v) is 16.5. The molecule has 0 aliphatic carbocycles. The standard InChI is InChI=1S/C22H26N4O2/c1-15-3-5-17(6-4-15)11-21(28)26-10-8-20-19(14-26)12-23-22(24-20)18-7-9-25(13-18)16(2)27/h3-6,12,18H,7-11,13-14H2,1-2H3. The van der Waals surface area contributed by atoms with Crippen molar-refractivity contribution in [3.63, 3.8) is 0 Å². The molecule has 1 saturated heterocycles. The van der Waals surface area contributed by atoms with E-state index < -0.39 is 0 Å². The van der Waals surface area contributed by atoms with Crippen LogP contribution >= 0.6 is 0 Å². The minimum Gasteiger partial charge on any atom is -0.342 e. The lowest BCUT2D eigenvalue weighted by atomic mass is 10.0. The highest BCUT2D eigenvalue weighted by Crippen LogP contribution is 2.26. The van der Waals surface area contributed by atoms with Gasteiger partial charge in [0.2, 0.25) is 11.8 Å². The highest BCUT2D eigenvalue weighted by atomic mass is 16.2. The number of nitrogens with zero attached hydrogens (tertiary/aromatic N) is 4. The van der Waals surface area contributed by atoms with Gasteiger partial charge < -0.3 is 9.80 Å². The molecule has 2 aliphatic rings. The van der Waals surface area contributed by atoms with Gasteiger partial charge >= 0.3 is 0 Å². The molecule has 28 heavy (non-hydrogen) atoms. The number of aryl methyl sites for hydroxylation is 1. The molecular formula is C22H26N4O2. The van der Waals surface area contributed by atoms with Crippen LogP contribution in [0.3, 0.4) is 0 Å². The van der Waals surface area contributed by atoms with Crippen LogP contribution in [0.2, 0.25) is 0 Å². The third-order valence-electron chi connectivity index (χ3n) is 5.78. The second kappa shape index (κ2) is 7.70. The molecule has 1 fully saturated rings. The van der Waals surface area contributed by atoms with Crippen molar-refractivity contribution in [1.82, 2.24) is 19.8 Å². The fourth-order valence-electron chi connectivity index (χ4n) is 3.99. The third-order valence-corrected chi connectivity index (χ3v) is 5.78. The van der Waals surface area contributed by atoms with Crippen LogP contribution < -0.4 is 0 Å². The van der Waals surface area contributed by atoms with E-state index in [9.17, 15) is 9.59 Å². The molecule has 1 unspecified atom stereocenters. The second-order valence-corrected chi connectivity index (χ2v) is 7.88. The van der Waals surface area contributed by atoms with Gasteiger partial charge in [-0.3, -0.25) is 9.59 Å². The van der Waals surface area contributed by atoms with Crippen LogP contribution in [0.5, 0.6) is 0 Å². The Kier molecular flexibility index (Phi) is 5.11. The Balaban J connectivity index is 1.41. The van der Waals surface area contributed by atoms with E-state index in [1.165, 1.54) is 5.56 Å². The summed E-state index contributed by atoms with van der Waals surface area (Å²) in [5.41, 5.74) is 4.33. The number of hydrogen-bond donors (Lipinski definition) is 0. The van der Waals surface area contributed by atoms with Crippen LogP contribution in [-0.2, 0) is 29.0 Å². The number of hydrogen-bond acceptors (Lipinski definition) is 4. The number of carbonyl (C=O) groups excluding carboxylic acids is 2. The minimum atomic E-state index is 0.114. The Morgan fingerprint density at radius 2 is 1.93 bits per heavy atom. The summed E-state index contributed by atoms with van der Waals surface area (Å²) < 4.78 is 0. The summed E-state index contributed by atoms with van der Waals surface area (Å²) in [5, 5.41) is 0. The smallest absolute Gasteiger partial charge is 0.227 e. The van der Waals surface area contributed by atoms with Gasteiger partial charge in [-0.15, -0.1) is 0 Å². The van der Waals surface area contributed by atoms with E-state index in [1.807, 2.05) is 47.2 Å². The van der Waals surface area contributed by atoms with Crippen LogP contribution in [-0.4, -0.2) is 51.2 Å². The predicted octanol–water partition coefficient (Wildman–Crippen LogP) is 2.25. The zero-order valence-electron chi connectivity index (χ0n) is 16.5. The van der Waals surface area contributed by atoms with Gasteiger partial charge in [0.25, 0.3) is 0 Å². The summed E-state index contributed by atoms with van der Waals surface area (Å²) in [6.07, 6.45) is 3.98. The molecule has 2 aliphatic heterocycles. The van der Waals surface area contributed by atoms with E-state index in [0.717, 1.165) is 42.0 Å². The van der Waals surface area contributed by atoms with Gasteiger partial charge in [-0.1, -0.05) is 29.8 Å². The number of rotatable bonds is 3. The number of likely N-dealkylation sites (tertiary alicyclic amines) is 1.